The van der Waals surface area contributed by atoms with E-state index >= 15 is 0 Å². The summed E-state index contributed by atoms with van der Waals surface area (Å²) < 4.78 is 0. The van der Waals surface area contributed by atoms with Crippen LogP contribution >= 0.6 is 11.3 Å². The molecule has 0 saturated carbocycles. The minimum absolute atomic E-state index is 0.216. The van der Waals surface area contributed by atoms with Crippen molar-refractivity contribution in [1.29, 1.82) is 0 Å². The molecule has 0 bridgehead atoms. The molecule has 1 aliphatic carbocycles. The van der Waals surface area contributed by atoms with Gasteiger partial charge in [-0.05, 0) is 25.7 Å². The van der Waals surface area contributed by atoms with Gasteiger partial charge in [-0.15, -0.1) is 11.3 Å². The van der Waals surface area contributed by atoms with Gasteiger partial charge in [-0.3, -0.25) is 14.5 Å². The number of hydrogen-bond acceptors (Lipinski definition) is 5. The molecule has 8 heteroatoms. The molecule has 0 radical (unpaired) electrons. The predicted molar refractivity (Wildman–Crippen MR) is 85.0 cm³/mol. The number of imide groups is 1. The van der Waals surface area contributed by atoms with E-state index in [-0.39, 0.29) is 24.8 Å². The summed E-state index contributed by atoms with van der Waals surface area (Å²) in [5.74, 6) is -0.566. The van der Waals surface area contributed by atoms with Crippen LogP contribution in [0.1, 0.15) is 34.8 Å². The lowest BCUT2D eigenvalue weighted by molar-refractivity contribution is -0.138. The normalized spacial score (nSPS) is 17.7. The summed E-state index contributed by atoms with van der Waals surface area (Å²) in [4.78, 5) is 44.1. The van der Waals surface area contributed by atoms with Crippen LogP contribution in [0.4, 0.5) is 4.79 Å². The van der Waals surface area contributed by atoms with Crippen molar-refractivity contribution in [3.8, 4) is 0 Å². The van der Waals surface area contributed by atoms with Gasteiger partial charge in [0.05, 0.1) is 12.2 Å². The molecule has 1 aliphatic heterocycles. The summed E-state index contributed by atoms with van der Waals surface area (Å²) >= 11 is 1.66. The smallest absolute Gasteiger partial charge is 0.324 e. The summed E-state index contributed by atoms with van der Waals surface area (Å²) in [7, 11) is 1.68. The second-order valence-electron chi connectivity index (χ2n) is 5.90. The van der Waals surface area contributed by atoms with Crippen LogP contribution in [-0.4, -0.2) is 52.8 Å². The van der Waals surface area contributed by atoms with E-state index in [4.69, 9.17) is 0 Å². The third kappa shape index (κ3) is 3.52. The standard InChI is InChI=1S/C15H20N4O3S/c1-18(8-12-17-10-4-2-3-5-11(10)23-12)14(21)9-19-13(20)6-7-16-15(19)22/h2-9H2,1H3,(H,16,22). The van der Waals surface area contributed by atoms with Crippen molar-refractivity contribution in [3.63, 3.8) is 0 Å². The molecular formula is C15H20N4O3S. The number of nitrogens with one attached hydrogen (secondary N) is 1. The molecule has 0 unspecified atom stereocenters. The first-order valence-corrected chi connectivity index (χ1v) is 8.66. The largest absolute Gasteiger partial charge is 0.337 e. The molecule has 23 heavy (non-hydrogen) atoms. The van der Waals surface area contributed by atoms with Crippen molar-refractivity contribution in [1.82, 2.24) is 20.1 Å². The Kier molecular flexibility index (Phi) is 4.61. The highest BCUT2D eigenvalue weighted by molar-refractivity contribution is 7.11. The van der Waals surface area contributed by atoms with Gasteiger partial charge in [0.25, 0.3) is 0 Å². The first-order valence-electron chi connectivity index (χ1n) is 7.84. The molecule has 0 spiro atoms. The molecule has 2 heterocycles. The van der Waals surface area contributed by atoms with Crippen molar-refractivity contribution in [2.75, 3.05) is 20.1 Å². The maximum atomic E-state index is 12.3. The van der Waals surface area contributed by atoms with Crippen LogP contribution in [0.3, 0.4) is 0 Å². The molecule has 0 atom stereocenters. The summed E-state index contributed by atoms with van der Waals surface area (Å²) in [6.45, 7) is 0.537. The molecule has 124 valence electrons. The van der Waals surface area contributed by atoms with Gasteiger partial charge in [0, 0.05) is 24.9 Å². The molecule has 7 nitrogen and oxygen atoms in total. The van der Waals surface area contributed by atoms with E-state index in [2.05, 4.69) is 10.3 Å². The van der Waals surface area contributed by atoms with Crippen LogP contribution in [0, 0.1) is 0 Å². The van der Waals surface area contributed by atoms with Gasteiger partial charge in [0.1, 0.15) is 11.6 Å². The summed E-state index contributed by atoms with van der Waals surface area (Å²) in [5, 5.41) is 3.49. The number of hydrogen-bond donors (Lipinski definition) is 1. The third-order valence-corrected chi connectivity index (χ3v) is 5.28. The highest BCUT2D eigenvalue weighted by atomic mass is 32.1. The van der Waals surface area contributed by atoms with Gasteiger partial charge in [0.15, 0.2) is 0 Å². The molecule has 2 aliphatic rings. The van der Waals surface area contributed by atoms with Crippen LogP contribution in [0.2, 0.25) is 0 Å². The second-order valence-corrected chi connectivity index (χ2v) is 7.06. The number of aryl methyl sites for hydroxylation is 2. The molecule has 0 aromatic carbocycles. The summed E-state index contributed by atoms with van der Waals surface area (Å²) in [5.41, 5.74) is 1.17. The fourth-order valence-corrected chi connectivity index (χ4v) is 4.01. The first-order chi connectivity index (χ1) is 11.0. The fourth-order valence-electron chi connectivity index (χ4n) is 2.80. The van der Waals surface area contributed by atoms with Gasteiger partial charge >= 0.3 is 6.03 Å². The second kappa shape index (κ2) is 6.66. The van der Waals surface area contributed by atoms with Crippen LogP contribution in [0.15, 0.2) is 0 Å². The Bertz CT molecular complexity index is 603. The number of carbonyl (C=O) groups excluding carboxylic acids is 3. The Morgan fingerprint density at radius 1 is 1.30 bits per heavy atom. The summed E-state index contributed by atoms with van der Waals surface area (Å²) in [6.07, 6.45) is 4.72. The maximum absolute atomic E-state index is 12.3. The number of nitrogens with zero attached hydrogens (tertiary/aromatic N) is 3. The van der Waals surface area contributed by atoms with Crippen LogP contribution in [0.5, 0.6) is 0 Å². The van der Waals surface area contributed by atoms with Gasteiger partial charge in [-0.2, -0.15) is 0 Å². The van der Waals surface area contributed by atoms with Crippen LogP contribution < -0.4 is 5.32 Å². The zero-order chi connectivity index (χ0) is 16.4. The molecule has 1 N–H and O–H groups in total. The lowest BCUT2D eigenvalue weighted by Crippen LogP contribution is -2.53. The molecule has 1 aromatic heterocycles. The van der Waals surface area contributed by atoms with E-state index in [1.165, 1.54) is 28.3 Å². The minimum Gasteiger partial charge on any atom is -0.337 e. The van der Waals surface area contributed by atoms with E-state index in [1.54, 1.807) is 18.4 Å². The van der Waals surface area contributed by atoms with Crippen molar-refractivity contribution in [2.45, 2.75) is 38.6 Å². The number of rotatable bonds is 4. The van der Waals surface area contributed by atoms with Gasteiger partial charge < -0.3 is 10.2 Å². The van der Waals surface area contributed by atoms with Crippen molar-refractivity contribution < 1.29 is 14.4 Å². The van der Waals surface area contributed by atoms with Crippen molar-refractivity contribution >= 4 is 29.2 Å². The summed E-state index contributed by atoms with van der Waals surface area (Å²) in [6, 6.07) is -0.493. The van der Waals surface area contributed by atoms with Crippen molar-refractivity contribution in [3.05, 3.63) is 15.6 Å². The number of urea groups is 1. The Morgan fingerprint density at radius 3 is 2.83 bits per heavy atom. The molecular weight excluding hydrogens is 316 g/mol. The van der Waals surface area contributed by atoms with Crippen molar-refractivity contribution in [2.24, 2.45) is 0 Å². The molecule has 4 amide bonds. The minimum atomic E-state index is -0.493. The highest BCUT2D eigenvalue weighted by Crippen LogP contribution is 2.27. The lowest BCUT2D eigenvalue weighted by atomic mass is 10.0. The van der Waals surface area contributed by atoms with Crippen LogP contribution in [-0.2, 0) is 29.0 Å². The molecule has 1 fully saturated rings. The zero-order valence-electron chi connectivity index (χ0n) is 13.1. The number of likely N-dealkylation sites (N-methyl/N-ethyl adjacent to an activating group) is 1. The Hall–Kier alpha value is -1.96. The molecule has 1 aromatic rings. The highest BCUT2D eigenvalue weighted by Gasteiger charge is 2.28. The fraction of sp³-hybridized carbons (Fsp3) is 0.600. The van der Waals surface area contributed by atoms with Gasteiger partial charge in [-0.1, -0.05) is 0 Å². The van der Waals surface area contributed by atoms with E-state index in [0.29, 0.717) is 13.1 Å². The van der Waals surface area contributed by atoms with Gasteiger partial charge in [0.2, 0.25) is 11.8 Å². The number of amides is 4. The monoisotopic (exact) mass is 336 g/mol. The number of carbonyl (C=O) groups is 3. The first kappa shape index (κ1) is 15.9. The quantitative estimate of drug-likeness (QED) is 0.886. The Morgan fingerprint density at radius 2 is 2.09 bits per heavy atom. The topological polar surface area (TPSA) is 82.6 Å². The van der Waals surface area contributed by atoms with E-state index in [9.17, 15) is 14.4 Å². The number of aromatic nitrogens is 1. The average Bonchev–Trinajstić information content (AvgIpc) is 2.93. The predicted octanol–water partition coefficient (Wildman–Crippen LogP) is 0.922. The van der Waals surface area contributed by atoms with E-state index in [0.717, 1.165) is 22.7 Å². The average molecular weight is 336 g/mol. The maximum Gasteiger partial charge on any atom is 0.324 e. The van der Waals surface area contributed by atoms with E-state index < -0.39 is 6.03 Å². The van der Waals surface area contributed by atoms with Crippen LogP contribution in [0.25, 0.3) is 0 Å². The van der Waals surface area contributed by atoms with Gasteiger partial charge in [-0.25, -0.2) is 9.78 Å². The zero-order valence-corrected chi connectivity index (χ0v) is 13.9. The number of fused-ring (bicyclic) bond motifs is 1. The number of thiazole rings is 1. The molecule has 1 saturated heterocycles. The Labute approximate surface area is 138 Å². The molecule has 3 rings (SSSR count). The Balaban J connectivity index is 1.60. The lowest BCUT2D eigenvalue weighted by Gasteiger charge is -2.26. The van der Waals surface area contributed by atoms with E-state index in [1.807, 2.05) is 0 Å². The SMILES string of the molecule is CN(Cc1nc2c(s1)CCCC2)C(=O)CN1C(=O)CCNC1=O. The third-order valence-electron chi connectivity index (χ3n) is 4.14.